The zero-order valence-electron chi connectivity index (χ0n) is 16.0. The summed E-state index contributed by atoms with van der Waals surface area (Å²) in [6.45, 7) is 0.175. The zero-order valence-corrected chi connectivity index (χ0v) is 16.8. The molecule has 0 aliphatic carbocycles. The predicted molar refractivity (Wildman–Crippen MR) is 108 cm³/mol. The molecule has 0 fully saturated rings. The molecule has 0 bridgehead atoms. The summed E-state index contributed by atoms with van der Waals surface area (Å²) in [5.41, 5.74) is 1.68. The quantitative estimate of drug-likeness (QED) is 0.559. The summed E-state index contributed by atoms with van der Waals surface area (Å²) in [5, 5.41) is 2.56. The molecule has 2 aromatic rings. The van der Waals surface area contributed by atoms with Gasteiger partial charge in [-0.25, -0.2) is 4.79 Å². The molecule has 0 aliphatic heterocycles. The molecule has 10 heteroatoms. The lowest BCUT2D eigenvalue weighted by Crippen LogP contribution is -2.49. The number of nitrogens with one attached hydrogen (secondary N) is 2. The smallest absolute Gasteiger partial charge is 0.410 e. The van der Waals surface area contributed by atoms with Gasteiger partial charge in [-0.2, -0.15) is 8.42 Å². The zero-order chi connectivity index (χ0) is 21.4. The Morgan fingerprint density at radius 1 is 1.07 bits per heavy atom. The van der Waals surface area contributed by atoms with Crippen molar-refractivity contribution >= 4 is 28.0 Å². The van der Waals surface area contributed by atoms with Crippen LogP contribution in [0.25, 0.3) is 0 Å². The molecule has 0 spiro atoms. The average molecular weight is 421 g/mol. The number of rotatable bonds is 8. The Kier molecular flexibility index (Phi) is 7.57. The second-order valence-electron chi connectivity index (χ2n) is 6.19. The molecule has 0 saturated carbocycles. The van der Waals surface area contributed by atoms with Crippen LogP contribution in [-0.2, 0) is 32.8 Å². The fraction of sp³-hybridized carbons (Fsp3) is 0.263. The first-order valence-corrected chi connectivity index (χ1v) is 10.1. The maximum absolute atomic E-state index is 12.5. The summed E-state index contributed by atoms with van der Waals surface area (Å²) in [5.74, 6) is -0.369. The lowest BCUT2D eigenvalue weighted by molar-refractivity contribution is -0.125. The number of carbonyl (C=O) groups excluding carboxylic acids is 2. The summed E-state index contributed by atoms with van der Waals surface area (Å²) in [6, 6.07) is 14.4. The number of ether oxygens (including phenoxy) is 1. The summed E-state index contributed by atoms with van der Waals surface area (Å²) in [7, 11) is -1.65. The Balaban J connectivity index is 2.28. The lowest BCUT2D eigenvalue weighted by atomic mass is 10.0. The van der Waals surface area contributed by atoms with Gasteiger partial charge >= 0.3 is 16.4 Å². The maximum atomic E-state index is 12.5. The monoisotopic (exact) mass is 421 g/mol. The van der Waals surface area contributed by atoms with Gasteiger partial charge in [0.05, 0.1) is 12.8 Å². The van der Waals surface area contributed by atoms with Crippen LogP contribution in [0.5, 0.6) is 0 Å². The summed E-state index contributed by atoms with van der Waals surface area (Å²) in [4.78, 5) is 26.3. The van der Waals surface area contributed by atoms with Crippen LogP contribution in [-0.4, -0.2) is 50.1 Å². The minimum absolute atomic E-state index is 0.168. The standard InChI is InChI=1S/C19H23N3O6S/c1-20-18(23)17(12-14-8-10-16(11-9-14)21-29(25,26)27)22(19(24)28-2)13-15-6-4-3-5-7-15/h3-11,17,21H,12-13H2,1-2H3,(H,20,23)(H,25,26,27). The third-order valence-corrected chi connectivity index (χ3v) is 4.65. The highest BCUT2D eigenvalue weighted by Crippen LogP contribution is 2.17. The van der Waals surface area contributed by atoms with Gasteiger partial charge in [0.1, 0.15) is 6.04 Å². The van der Waals surface area contributed by atoms with E-state index >= 15 is 0 Å². The van der Waals surface area contributed by atoms with E-state index in [0.29, 0.717) is 5.56 Å². The van der Waals surface area contributed by atoms with E-state index in [1.54, 1.807) is 12.1 Å². The second-order valence-corrected chi connectivity index (χ2v) is 7.35. The van der Waals surface area contributed by atoms with Crippen LogP contribution in [0.15, 0.2) is 54.6 Å². The van der Waals surface area contributed by atoms with Crippen molar-refractivity contribution in [3.8, 4) is 0 Å². The number of nitrogens with zero attached hydrogens (tertiary/aromatic N) is 1. The first-order valence-electron chi connectivity index (χ1n) is 8.67. The third-order valence-electron chi connectivity index (χ3n) is 4.16. The van der Waals surface area contributed by atoms with Gasteiger partial charge < -0.3 is 10.1 Å². The van der Waals surface area contributed by atoms with Crippen LogP contribution in [0.4, 0.5) is 10.5 Å². The van der Waals surface area contributed by atoms with Crippen LogP contribution in [0.2, 0.25) is 0 Å². The van der Waals surface area contributed by atoms with Crippen LogP contribution in [0.1, 0.15) is 11.1 Å². The van der Waals surface area contributed by atoms with E-state index in [1.165, 1.54) is 31.2 Å². The minimum atomic E-state index is -4.38. The number of amides is 2. The molecule has 2 amide bonds. The maximum Gasteiger partial charge on any atom is 0.410 e. The van der Waals surface area contributed by atoms with E-state index < -0.39 is 22.4 Å². The highest BCUT2D eigenvalue weighted by atomic mass is 32.2. The Bertz CT molecular complexity index is 932. The van der Waals surface area contributed by atoms with E-state index in [9.17, 15) is 18.0 Å². The number of anilines is 1. The molecule has 0 saturated heterocycles. The fourth-order valence-corrected chi connectivity index (χ4v) is 3.23. The topological polar surface area (TPSA) is 125 Å². The van der Waals surface area contributed by atoms with Crippen molar-refractivity contribution in [3.05, 3.63) is 65.7 Å². The van der Waals surface area contributed by atoms with Crippen molar-refractivity contribution in [2.45, 2.75) is 19.0 Å². The predicted octanol–water partition coefficient (Wildman–Crippen LogP) is 1.83. The minimum Gasteiger partial charge on any atom is -0.453 e. The molecule has 2 rings (SSSR count). The summed E-state index contributed by atoms with van der Waals surface area (Å²) in [6.07, 6.45) is -0.472. The van der Waals surface area contributed by atoms with E-state index in [1.807, 2.05) is 35.1 Å². The van der Waals surface area contributed by atoms with Gasteiger partial charge in [0.2, 0.25) is 5.91 Å². The SMILES string of the molecule is CNC(=O)C(Cc1ccc(NS(=O)(=O)O)cc1)N(Cc1ccccc1)C(=O)OC. The molecule has 0 heterocycles. The highest BCUT2D eigenvalue weighted by molar-refractivity contribution is 7.87. The van der Waals surface area contributed by atoms with Crippen molar-refractivity contribution in [1.82, 2.24) is 10.2 Å². The largest absolute Gasteiger partial charge is 0.453 e. The Morgan fingerprint density at radius 3 is 2.21 bits per heavy atom. The van der Waals surface area contributed by atoms with Crippen molar-refractivity contribution in [2.75, 3.05) is 18.9 Å². The van der Waals surface area contributed by atoms with Gasteiger partial charge in [0.25, 0.3) is 0 Å². The van der Waals surface area contributed by atoms with Gasteiger partial charge in [-0.3, -0.25) is 19.0 Å². The highest BCUT2D eigenvalue weighted by Gasteiger charge is 2.30. The Hall–Kier alpha value is -3.11. The third kappa shape index (κ3) is 6.77. The number of benzene rings is 2. The molecule has 0 aromatic heterocycles. The first-order chi connectivity index (χ1) is 13.7. The van der Waals surface area contributed by atoms with E-state index in [-0.39, 0.29) is 24.6 Å². The lowest BCUT2D eigenvalue weighted by Gasteiger charge is -2.29. The fourth-order valence-electron chi connectivity index (χ4n) is 2.79. The molecule has 1 atom stereocenters. The molecule has 9 nitrogen and oxygen atoms in total. The van der Waals surface area contributed by atoms with E-state index in [0.717, 1.165) is 5.56 Å². The Morgan fingerprint density at radius 2 is 1.69 bits per heavy atom. The van der Waals surface area contributed by atoms with Gasteiger partial charge in [0, 0.05) is 20.0 Å². The van der Waals surface area contributed by atoms with Crippen LogP contribution in [0, 0.1) is 0 Å². The van der Waals surface area contributed by atoms with Gasteiger partial charge in [0.15, 0.2) is 0 Å². The molecule has 0 radical (unpaired) electrons. The molecule has 0 aliphatic rings. The van der Waals surface area contributed by atoms with Gasteiger partial charge in [-0.1, -0.05) is 42.5 Å². The number of likely N-dealkylation sites (N-methyl/N-ethyl adjacent to an activating group) is 1. The average Bonchev–Trinajstić information content (AvgIpc) is 2.70. The molecular formula is C19H23N3O6S. The van der Waals surface area contributed by atoms with E-state index in [2.05, 4.69) is 5.32 Å². The summed E-state index contributed by atoms with van der Waals surface area (Å²) < 4.78 is 37.5. The van der Waals surface area contributed by atoms with Crippen LogP contribution >= 0.6 is 0 Å². The first kappa shape index (κ1) is 22.2. The van der Waals surface area contributed by atoms with Crippen LogP contribution < -0.4 is 10.0 Å². The number of methoxy groups -OCH3 is 1. The van der Waals surface area contributed by atoms with E-state index in [4.69, 9.17) is 9.29 Å². The Labute approximate surface area is 169 Å². The summed E-state index contributed by atoms with van der Waals surface area (Å²) >= 11 is 0. The van der Waals surface area contributed by atoms with Gasteiger partial charge in [-0.15, -0.1) is 0 Å². The second kappa shape index (κ2) is 9.89. The van der Waals surface area contributed by atoms with Crippen molar-refractivity contribution in [3.63, 3.8) is 0 Å². The van der Waals surface area contributed by atoms with Crippen LogP contribution in [0.3, 0.4) is 0 Å². The molecule has 3 N–H and O–H groups in total. The number of hydrogen-bond acceptors (Lipinski definition) is 5. The molecule has 29 heavy (non-hydrogen) atoms. The molecule has 1 unspecified atom stereocenters. The number of carbonyl (C=O) groups is 2. The number of hydrogen-bond donors (Lipinski definition) is 3. The van der Waals surface area contributed by atoms with Gasteiger partial charge in [-0.05, 0) is 23.3 Å². The molecule has 2 aromatic carbocycles. The van der Waals surface area contributed by atoms with Crippen molar-refractivity contribution in [2.24, 2.45) is 0 Å². The molecular weight excluding hydrogens is 398 g/mol. The van der Waals surface area contributed by atoms with Crippen molar-refractivity contribution < 1.29 is 27.3 Å². The van der Waals surface area contributed by atoms with Crippen molar-refractivity contribution in [1.29, 1.82) is 0 Å². The normalized spacial score (nSPS) is 12.0. The molecule has 156 valence electrons.